The van der Waals surface area contributed by atoms with Crippen LogP contribution in [-0.2, 0) is 11.3 Å². The van der Waals surface area contributed by atoms with E-state index < -0.39 is 6.10 Å². The highest BCUT2D eigenvalue weighted by atomic mass is 16.5. The van der Waals surface area contributed by atoms with Crippen LogP contribution in [0.15, 0.2) is 36.4 Å². The molecule has 0 saturated carbocycles. The number of benzene rings is 2. The van der Waals surface area contributed by atoms with Crippen molar-refractivity contribution in [3.05, 3.63) is 42.0 Å². The van der Waals surface area contributed by atoms with Gasteiger partial charge in [-0.25, -0.2) is 0 Å². The molecule has 3 rings (SSSR count). The summed E-state index contributed by atoms with van der Waals surface area (Å²) in [5.74, 6) is 3.28. The minimum absolute atomic E-state index is 0.0100. The summed E-state index contributed by atoms with van der Waals surface area (Å²) in [6, 6.07) is 11.1. The second kappa shape index (κ2) is 10.9. The number of methoxy groups -OCH3 is 4. The van der Waals surface area contributed by atoms with E-state index in [1.54, 1.807) is 47.5 Å². The van der Waals surface area contributed by atoms with E-state index in [0.29, 0.717) is 42.6 Å². The monoisotopic (exact) mass is 444 g/mol. The Kier molecular flexibility index (Phi) is 8.05. The van der Waals surface area contributed by atoms with E-state index in [2.05, 4.69) is 4.90 Å². The van der Waals surface area contributed by atoms with E-state index >= 15 is 0 Å². The fourth-order valence-corrected chi connectivity index (χ4v) is 3.82. The Morgan fingerprint density at radius 1 is 0.812 bits per heavy atom. The molecule has 8 heteroatoms. The number of carbonyl (C=O) groups excluding carboxylic acids is 1. The summed E-state index contributed by atoms with van der Waals surface area (Å²) in [6.45, 7) is 5.30. The lowest BCUT2D eigenvalue weighted by atomic mass is 10.1. The van der Waals surface area contributed by atoms with Crippen LogP contribution >= 0.6 is 0 Å². The van der Waals surface area contributed by atoms with Crippen molar-refractivity contribution >= 4 is 5.91 Å². The first-order valence-corrected chi connectivity index (χ1v) is 10.6. The predicted octanol–water partition coefficient (Wildman–Crippen LogP) is 2.83. The van der Waals surface area contributed by atoms with Gasteiger partial charge >= 0.3 is 0 Å². The Morgan fingerprint density at radius 3 is 2.00 bits per heavy atom. The molecule has 2 aromatic rings. The van der Waals surface area contributed by atoms with Gasteiger partial charge in [0.05, 0.1) is 28.4 Å². The van der Waals surface area contributed by atoms with Gasteiger partial charge in [-0.05, 0) is 37.3 Å². The molecule has 1 aliphatic heterocycles. The summed E-state index contributed by atoms with van der Waals surface area (Å²) in [5.41, 5.74) is 1.01. The second-order valence-electron chi connectivity index (χ2n) is 7.53. The summed E-state index contributed by atoms with van der Waals surface area (Å²) in [6.07, 6.45) is -0.555. The van der Waals surface area contributed by atoms with Crippen LogP contribution < -0.4 is 23.7 Å². The van der Waals surface area contributed by atoms with Crippen molar-refractivity contribution in [1.82, 2.24) is 9.80 Å². The number of hydrogen-bond acceptors (Lipinski definition) is 7. The van der Waals surface area contributed by atoms with Crippen LogP contribution in [0, 0.1) is 0 Å². The van der Waals surface area contributed by atoms with E-state index in [9.17, 15) is 4.79 Å². The number of piperazine rings is 1. The van der Waals surface area contributed by atoms with Crippen molar-refractivity contribution in [2.24, 2.45) is 0 Å². The number of ether oxygens (including phenoxy) is 5. The minimum Gasteiger partial charge on any atom is -0.497 e. The first-order valence-electron chi connectivity index (χ1n) is 10.6. The molecule has 0 aromatic heterocycles. The maximum absolute atomic E-state index is 12.9. The normalized spacial score (nSPS) is 15.1. The number of amides is 1. The van der Waals surface area contributed by atoms with Gasteiger partial charge in [-0.1, -0.05) is 6.07 Å². The van der Waals surface area contributed by atoms with Gasteiger partial charge in [-0.3, -0.25) is 9.69 Å². The molecule has 8 nitrogen and oxygen atoms in total. The highest BCUT2D eigenvalue weighted by Crippen LogP contribution is 2.40. The van der Waals surface area contributed by atoms with Crippen LogP contribution in [0.5, 0.6) is 28.7 Å². The molecule has 1 amide bonds. The van der Waals surface area contributed by atoms with Crippen LogP contribution in [0.4, 0.5) is 0 Å². The molecular weight excluding hydrogens is 412 g/mol. The summed E-state index contributed by atoms with van der Waals surface area (Å²) in [7, 11) is 6.45. The first kappa shape index (κ1) is 23.5. The third-order valence-corrected chi connectivity index (χ3v) is 5.58. The second-order valence-corrected chi connectivity index (χ2v) is 7.53. The zero-order valence-corrected chi connectivity index (χ0v) is 19.4. The van der Waals surface area contributed by atoms with Gasteiger partial charge in [-0.2, -0.15) is 0 Å². The Hall–Kier alpha value is -3.13. The SMILES string of the molecule is COc1ccc(O[C@H](C)C(=O)N2CCN(Cc3ccc(OC)c(OC)c3OC)CC2)cc1. The van der Waals surface area contributed by atoms with E-state index in [0.717, 1.165) is 24.4 Å². The molecule has 0 N–H and O–H groups in total. The summed E-state index contributed by atoms with van der Waals surface area (Å²) < 4.78 is 27.4. The molecule has 174 valence electrons. The zero-order valence-electron chi connectivity index (χ0n) is 19.4. The maximum Gasteiger partial charge on any atom is 0.263 e. The third-order valence-electron chi connectivity index (χ3n) is 5.58. The quantitative estimate of drug-likeness (QED) is 0.589. The molecule has 1 atom stereocenters. The lowest BCUT2D eigenvalue weighted by Crippen LogP contribution is -2.51. The first-order chi connectivity index (χ1) is 15.5. The van der Waals surface area contributed by atoms with Crippen LogP contribution in [0.1, 0.15) is 12.5 Å². The standard InChI is InChI=1S/C24H32N2O6/c1-17(32-20-9-7-19(28-2)8-10-20)24(27)26-14-12-25(13-15-26)16-18-6-11-21(29-3)23(31-5)22(18)30-4/h6-11,17H,12-16H2,1-5H3/t17-/m1/s1. The van der Waals surface area contributed by atoms with E-state index in [4.69, 9.17) is 23.7 Å². The van der Waals surface area contributed by atoms with Gasteiger partial charge in [0.25, 0.3) is 5.91 Å². The van der Waals surface area contributed by atoms with E-state index in [1.165, 1.54) is 0 Å². The molecule has 0 spiro atoms. The van der Waals surface area contributed by atoms with Crippen LogP contribution in [0.3, 0.4) is 0 Å². The molecule has 1 heterocycles. The lowest BCUT2D eigenvalue weighted by molar-refractivity contribution is -0.139. The molecule has 1 aliphatic rings. The molecule has 1 saturated heterocycles. The average Bonchev–Trinajstić information content (AvgIpc) is 2.84. The predicted molar refractivity (Wildman–Crippen MR) is 121 cm³/mol. The van der Waals surface area contributed by atoms with Gasteiger partial charge in [0.15, 0.2) is 17.6 Å². The molecule has 0 bridgehead atoms. The number of rotatable bonds is 9. The number of hydrogen-bond donors (Lipinski definition) is 0. The Labute approximate surface area is 189 Å². The van der Waals surface area contributed by atoms with Crippen LogP contribution in [-0.4, -0.2) is 76.4 Å². The summed E-state index contributed by atoms with van der Waals surface area (Å²) in [5, 5.41) is 0. The Morgan fingerprint density at radius 2 is 1.44 bits per heavy atom. The van der Waals surface area contributed by atoms with Crippen molar-refractivity contribution in [2.75, 3.05) is 54.6 Å². The number of nitrogens with zero attached hydrogens (tertiary/aromatic N) is 2. The highest BCUT2D eigenvalue weighted by molar-refractivity contribution is 5.81. The zero-order chi connectivity index (χ0) is 23.1. The van der Waals surface area contributed by atoms with E-state index in [1.807, 2.05) is 29.2 Å². The van der Waals surface area contributed by atoms with Gasteiger partial charge in [0.1, 0.15) is 11.5 Å². The average molecular weight is 445 g/mol. The molecule has 1 fully saturated rings. The molecule has 2 aromatic carbocycles. The highest BCUT2D eigenvalue weighted by Gasteiger charge is 2.27. The van der Waals surface area contributed by atoms with E-state index in [-0.39, 0.29) is 5.91 Å². The van der Waals surface area contributed by atoms with Crippen molar-refractivity contribution in [2.45, 2.75) is 19.6 Å². The summed E-state index contributed by atoms with van der Waals surface area (Å²) in [4.78, 5) is 17.0. The van der Waals surface area contributed by atoms with Gasteiger partial charge in [0.2, 0.25) is 5.75 Å². The molecule has 32 heavy (non-hydrogen) atoms. The fourth-order valence-electron chi connectivity index (χ4n) is 3.82. The summed E-state index contributed by atoms with van der Waals surface area (Å²) >= 11 is 0. The molecule has 0 aliphatic carbocycles. The van der Waals surface area contributed by atoms with Crippen molar-refractivity contribution in [1.29, 1.82) is 0 Å². The molecular formula is C24H32N2O6. The minimum atomic E-state index is -0.555. The van der Waals surface area contributed by atoms with Crippen molar-refractivity contribution < 1.29 is 28.5 Å². The smallest absolute Gasteiger partial charge is 0.263 e. The Bertz CT molecular complexity index is 894. The largest absolute Gasteiger partial charge is 0.497 e. The van der Waals surface area contributed by atoms with Gasteiger partial charge in [0, 0.05) is 38.3 Å². The molecule has 0 unspecified atom stereocenters. The lowest BCUT2D eigenvalue weighted by Gasteiger charge is -2.36. The Balaban J connectivity index is 1.56. The van der Waals surface area contributed by atoms with Gasteiger partial charge < -0.3 is 28.6 Å². The van der Waals surface area contributed by atoms with Gasteiger partial charge in [-0.15, -0.1) is 0 Å². The van der Waals surface area contributed by atoms with Crippen molar-refractivity contribution in [3.63, 3.8) is 0 Å². The fraction of sp³-hybridized carbons (Fsp3) is 0.458. The van der Waals surface area contributed by atoms with Crippen LogP contribution in [0.2, 0.25) is 0 Å². The molecule has 0 radical (unpaired) electrons. The maximum atomic E-state index is 12.9. The van der Waals surface area contributed by atoms with Crippen molar-refractivity contribution in [3.8, 4) is 28.7 Å². The number of carbonyl (C=O) groups is 1. The third kappa shape index (κ3) is 5.37. The topological polar surface area (TPSA) is 69.7 Å². The van der Waals surface area contributed by atoms with Crippen LogP contribution in [0.25, 0.3) is 0 Å².